The number of amides is 1. The average molecular weight is 467 g/mol. The highest BCUT2D eigenvalue weighted by Gasteiger charge is 2.46. The van der Waals surface area contributed by atoms with Crippen LogP contribution < -0.4 is 5.32 Å². The van der Waals surface area contributed by atoms with Crippen LogP contribution in [0.5, 0.6) is 0 Å². The Balaban J connectivity index is 1.82. The molecular formula is C21H14F5N3O2S. The molecule has 0 saturated heterocycles. The standard InChI is InChI=1S/C21H14F5N3O2S/c1-12-17(31-11-27-12)16-18(14-8-5-9-15(10-14)21(22,23)24)32(25,26)20(28-16)29-19(30)13-6-3-2-4-7-13/h2-11H,1H3,(H,28,29,30). The summed E-state index contributed by atoms with van der Waals surface area (Å²) in [6, 6.07) is 11.2. The Morgan fingerprint density at radius 1 is 1.06 bits per heavy atom. The predicted molar refractivity (Wildman–Crippen MR) is 111 cm³/mol. The van der Waals surface area contributed by atoms with Gasteiger partial charge in [0.1, 0.15) is 16.5 Å². The number of rotatable bonds is 3. The number of carbonyl (C=O) groups excluding carboxylic acids is 1. The molecule has 2 aromatic carbocycles. The fourth-order valence-electron chi connectivity index (χ4n) is 3.08. The van der Waals surface area contributed by atoms with Gasteiger partial charge >= 0.3 is 6.18 Å². The molecule has 2 heterocycles. The number of carbonyl (C=O) groups is 1. The lowest BCUT2D eigenvalue weighted by Gasteiger charge is -2.22. The molecule has 1 amide bonds. The van der Waals surface area contributed by atoms with Crippen LogP contribution in [0.1, 0.15) is 32.9 Å². The first-order chi connectivity index (χ1) is 15.1. The second kappa shape index (κ2) is 7.90. The SMILES string of the molecule is Cc1ncoc1C1=C(c2cccc(C(F)(F)F)c2)S(F)(F)C(NC(=O)c2ccccc2)=N1. The monoisotopic (exact) mass is 467 g/mol. The third kappa shape index (κ3) is 3.91. The highest BCUT2D eigenvalue weighted by Crippen LogP contribution is 2.69. The third-order valence-electron chi connectivity index (χ3n) is 4.60. The van der Waals surface area contributed by atoms with Gasteiger partial charge in [0, 0.05) is 5.56 Å². The number of benzene rings is 2. The molecule has 4 rings (SSSR count). The van der Waals surface area contributed by atoms with Crippen molar-refractivity contribution in [3.8, 4) is 0 Å². The maximum absolute atomic E-state index is 15.6. The first kappa shape index (κ1) is 21.8. The number of nitrogens with one attached hydrogen (secondary N) is 1. The molecule has 0 bridgehead atoms. The zero-order chi connectivity index (χ0) is 23.1. The number of aliphatic imine (C=N–C) groups is 1. The van der Waals surface area contributed by atoms with Gasteiger partial charge in [-0.2, -0.15) is 13.2 Å². The van der Waals surface area contributed by atoms with Crippen molar-refractivity contribution >= 4 is 32.5 Å². The largest absolute Gasteiger partial charge is 0.442 e. The van der Waals surface area contributed by atoms with Crippen molar-refractivity contribution in [2.24, 2.45) is 4.99 Å². The van der Waals surface area contributed by atoms with E-state index < -0.39 is 38.5 Å². The predicted octanol–water partition coefficient (Wildman–Crippen LogP) is 6.20. The van der Waals surface area contributed by atoms with E-state index in [0.29, 0.717) is 6.07 Å². The molecule has 1 N–H and O–H groups in total. The van der Waals surface area contributed by atoms with Crippen LogP contribution in [0.25, 0.3) is 10.6 Å². The summed E-state index contributed by atoms with van der Waals surface area (Å²) in [5, 5.41) is 1.17. The van der Waals surface area contributed by atoms with E-state index in [4.69, 9.17) is 4.42 Å². The number of hydrogen-bond donors (Lipinski definition) is 1. The Labute approximate surface area is 180 Å². The van der Waals surface area contributed by atoms with Gasteiger partial charge in [-0.05, 0) is 36.8 Å². The summed E-state index contributed by atoms with van der Waals surface area (Å²) in [7, 11) is -5.00. The summed E-state index contributed by atoms with van der Waals surface area (Å²) in [5.41, 5.74) is -1.50. The van der Waals surface area contributed by atoms with Crippen LogP contribution in [0.4, 0.5) is 20.9 Å². The lowest BCUT2D eigenvalue weighted by atomic mass is 10.1. The van der Waals surface area contributed by atoms with E-state index in [-0.39, 0.29) is 28.3 Å². The number of amidine groups is 1. The molecule has 0 radical (unpaired) electrons. The lowest BCUT2D eigenvalue weighted by Crippen LogP contribution is -2.30. The van der Waals surface area contributed by atoms with E-state index in [1.165, 1.54) is 19.1 Å². The molecule has 5 nitrogen and oxygen atoms in total. The van der Waals surface area contributed by atoms with Crippen LogP contribution in [-0.2, 0) is 6.18 Å². The molecule has 3 aromatic rings. The van der Waals surface area contributed by atoms with Gasteiger partial charge in [-0.25, -0.2) is 9.98 Å². The second-order valence-corrected chi connectivity index (χ2v) is 8.46. The zero-order valence-electron chi connectivity index (χ0n) is 16.3. The Hall–Kier alpha value is -3.47. The summed E-state index contributed by atoms with van der Waals surface area (Å²) >= 11 is 0. The van der Waals surface area contributed by atoms with Gasteiger partial charge in [-0.1, -0.05) is 30.3 Å². The summed E-state index contributed by atoms with van der Waals surface area (Å²) in [6.45, 7) is 1.49. The van der Waals surface area contributed by atoms with Crippen molar-refractivity contribution in [1.29, 1.82) is 0 Å². The van der Waals surface area contributed by atoms with Crippen molar-refractivity contribution in [3.05, 3.63) is 89.1 Å². The molecule has 32 heavy (non-hydrogen) atoms. The fourth-order valence-corrected chi connectivity index (χ4v) is 4.51. The van der Waals surface area contributed by atoms with Gasteiger partial charge in [0.2, 0.25) is 5.17 Å². The van der Waals surface area contributed by atoms with Crippen LogP contribution in [0.15, 0.2) is 70.4 Å². The van der Waals surface area contributed by atoms with Gasteiger partial charge in [0.15, 0.2) is 12.2 Å². The van der Waals surface area contributed by atoms with Crippen molar-refractivity contribution in [1.82, 2.24) is 10.3 Å². The zero-order valence-corrected chi connectivity index (χ0v) is 17.1. The molecule has 11 heteroatoms. The Bertz CT molecular complexity index is 1250. The van der Waals surface area contributed by atoms with E-state index in [1.807, 2.05) is 0 Å². The number of aryl methyl sites for hydroxylation is 1. The van der Waals surface area contributed by atoms with E-state index in [9.17, 15) is 18.0 Å². The Kier molecular flexibility index (Phi) is 5.37. The number of oxazole rings is 1. The number of alkyl halides is 3. The molecule has 1 aliphatic heterocycles. The molecule has 0 unspecified atom stereocenters. The molecule has 0 atom stereocenters. The highest BCUT2D eigenvalue weighted by molar-refractivity contribution is 8.45. The smallest absolute Gasteiger partial charge is 0.416 e. The topological polar surface area (TPSA) is 67.5 Å². The van der Waals surface area contributed by atoms with Crippen LogP contribution in [0.3, 0.4) is 0 Å². The first-order valence-electron chi connectivity index (χ1n) is 9.09. The molecule has 0 aliphatic carbocycles. The number of nitrogens with zero attached hydrogens (tertiary/aromatic N) is 2. The summed E-state index contributed by atoms with van der Waals surface area (Å²) in [4.78, 5) is 19.5. The molecule has 1 aliphatic rings. The highest BCUT2D eigenvalue weighted by atomic mass is 32.3. The first-order valence-corrected chi connectivity index (χ1v) is 10.5. The number of aromatic nitrogens is 1. The Morgan fingerprint density at radius 2 is 1.78 bits per heavy atom. The average Bonchev–Trinajstić information content (AvgIpc) is 3.28. The molecule has 1 aromatic heterocycles. The summed E-state index contributed by atoms with van der Waals surface area (Å²) < 4.78 is 76.0. The van der Waals surface area contributed by atoms with E-state index in [2.05, 4.69) is 15.3 Å². The van der Waals surface area contributed by atoms with Crippen LogP contribution in [-0.4, -0.2) is 16.1 Å². The van der Waals surface area contributed by atoms with Crippen molar-refractivity contribution in [3.63, 3.8) is 0 Å². The maximum Gasteiger partial charge on any atom is 0.416 e. The Morgan fingerprint density at radius 3 is 2.41 bits per heavy atom. The fraction of sp³-hybridized carbons (Fsp3) is 0.0952. The molecule has 0 fully saturated rings. The minimum Gasteiger partial charge on any atom is -0.442 e. The normalized spacial score (nSPS) is 16.6. The van der Waals surface area contributed by atoms with Gasteiger partial charge in [0.05, 0.1) is 16.2 Å². The van der Waals surface area contributed by atoms with Crippen LogP contribution >= 0.6 is 10.8 Å². The summed E-state index contributed by atoms with van der Waals surface area (Å²) in [5.74, 6) is -0.941. The van der Waals surface area contributed by atoms with E-state index in [0.717, 1.165) is 24.6 Å². The quantitative estimate of drug-likeness (QED) is 0.467. The van der Waals surface area contributed by atoms with Crippen LogP contribution in [0, 0.1) is 6.92 Å². The van der Waals surface area contributed by atoms with Gasteiger partial charge in [-0.15, -0.1) is 7.77 Å². The van der Waals surface area contributed by atoms with Crippen molar-refractivity contribution in [2.45, 2.75) is 13.1 Å². The molecule has 166 valence electrons. The van der Waals surface area contributed by atoms with Gasteiger partial charge < -0.3 is 4.42 Å². The van der Waals surface area contributed by atoms with E-state index >= 15 is 7.77 Å². The molecule has 0 spiro atoms. The van der Waals surface area contributed by atoms with E-state index in [1.54, 1.807) is 18.2 Å². The van der Waals surface area contributed by atoms with Crippen molar-refractivity contribution in [2.75, 3.05) is 0 Å². The van der Waals surface area contributed by atoms with Crippen LogP contribution in [0.2, 0.25) is 0 Å². The molecular weight excluding hydrogens is 453 g/mol. The van der Waals surface area contributed by atoms with Gasteiger partial charge in [-0.3, -0.25) is 10.1 Å². The minimum atomic E-state index is -5.00. The van der Waals surface area contributed by atoms with Gasteiger partial charge in [0.25, 0.3) is 5.91 Å². The minimum absolute atomic E-state index is 0.117. The number of hydrogen-bond acceptors (Lipinski definition) is 4. The molecule has 0 saturated carbocycles. The summed E-state index contributed by atoms with van der Waals surface area (Å²) in [6.07, 6.45) is -3.71. The third-order valence-corrected chi connectivity index (χ3v) is 6.22. The van der Waals surface area contributed by atoms with Crippen molar-refractivity contribution < 1.29 is 30.2 Å². The lowest BCUT2D eigenvalue weighted by molar-refractivity contribution is -0.137. The second-order valence-electron chi connectivity index (χ2n) is 6.73. The maximum atomic E-state index is 15.6. The number of halogens is 5.